The van der Waals surface area contributed by atoms with Gasteiger partial charge in [-0.15, -0.1) is 0 Å². The molecule has 1 aliphatic carbocycles. The number of hydrogen-bond acceptors (Lipinski definition) is 3. The second-order valence-corrected chi connectivity index (χ2v) is 5.38. The normalized spacial score (nSPS) is 38.8. The van der Waals surface area contributed by atoms with Gasteiger partial charge in [-0.25, -0.2) is 4.79 Å². The number of carbonyl (C=O) groups is 1. The van der Waals surface area contributed by atoms with Gasteiger partial charge in [-0.2, -0.15) is 0 Å². The van der Waals surface area contributed by atoms with Gasteiger partial charge in [0.2, 0.25) is 0 Å². The maximum absolute atomic E-state index is 10.6. The van der Waals surface area contributed by atoms with Crippen LogP contribution in [-0.2, 0) is 4.79 Å². The van der Waals surface area contributed by atoms with E-state index in [1.165, 1.54) is 6.08 Å². The van der Waals surface area contributed by atoms with E-state index in [1.54, 1.807) is 0 Å². The van der Waals surface area contributed by atoms with Crippen molar-refractivity contribution in [1.29, 1.82) is 0 Å². The van der Waals surface area contributed by atoms with Crippen molar-refractivity contribution in [3.05, 3.63) is 12.2 Å². The molecule has 0 radical (unpaired) electrons. The van der Waals surface area contributed by atoms with Crippen LogP contribution in [0.1, 0.15) is 33.6 Å². The lowest BCUT2D eigenvalue weighted by Crippen LogP contribution is -2.54. The predicted octanol–water partition coefficient (Wildman–Crippen LogP) is 1.18. The highest BCUT2D eigenvalue weighted by Crippen LogP contribution is 2.47. The number of aliphatic hydroxyl groups excluding tert-OH is 1. The lowest BCUT2D eigenvalue weighted by Gasteiger charge is -2.50. The summed E-state index contributed by atoms with van der Waals surface area (Å²) in [5.74, 6) is -1.23. The van der Waals surface area contributed by atoms with Gasteiger partial charge in [-0.05, 0) is 30.3 Å². The number of carboxylic acid groups (broad SMARTS) is 1. The monoisotopic (exact) mass is 228 g/mol. The largest absolute Gasteiger partial charge is 0.478 e. The van der Waals surface area contributed by atoms with Crippen LogP contribution >= 0.6 is 0 Å². The van der Waals surface area contributed by atoms with Gasteiger partial charge in [0.1, 0.15) is 0 Å². The van der Waals surface area contributed by atoms with Gasteiger partial charge in [-0.3, -0.25) is 0 Å². The Bertz CT molecular complexity index is 308. The summed E-state index contributed by atoms with van der Waals surface area (Å²) in [6.45, 7) is 5.52. The Kier molecular flexibility index (Phi) is 3.45. The van der Waals surface area contributed by atoms with Gasteiger partial charge < -0.3 is 15.3 Å². The SMILES string of the molecule is C[C@H]1C[C@@H](O)CC(C)(C)[C@]1(O)/C=C/C(=O)O. The van der Waals surface area contributed by atoms with Crippen LogP contribution in [0.3, 0.4) is 0 Å². The molecule has 3 atom stereocenters. The topological polar surface area (TPSA) is 77.8 Å². The van der Waals surface area contributed by atoms with E-state index in [1.807, 2.05) is 20.8 Å². The summed E-state index contributed by atoms with van der Waals surface area (Å²) in [5, 5.41) is 28.9. The van der Waals surface area contributed by atoms with Gasteiger partial charge >= 0.3 is 5.97 Å². The van der Waals surface area contributed by atoms with Crippen LogP contribution in [0.4, 0.5) is 0 Å². The number of aliphatic hydroxyl groups is 2. The summed E-state index contributed by atoms with van der Waals surface area (Å²) in [4.78, 5) is 10.5. The maximum Gasteiger partial charge on any atom is 0.328 e. The van der Waals surface area contributed by atoms with E-state index < -0.39 is 23.1 Å². The molecule has 0 aromatic carbocycles. The predicted molar refractivity (Wildman–Crippen MR) is 59.9 cm³/mol. The molecule has 0 saturated heterocycles. The van der Waals surface area contributed by atoms with Gasteiger partial charge in [-0.1, -0.05) is 20.8 Å². The van der Waals surface area contributed by atoms with Crippen molar-refractivity contribution in [3.63, 3.8) is 0 Å². The number of carboxylic acids is 1. The summed E-state index contributed by atoms with van der Waals surface area (Å²) in [5.41, 5.74) is -1.71. The first-order chi connectivity index (χ1) is 7.19. The first-order valence-electron chi connectivity index (χ1n) is 5.51. The second-order valence-electron chi connectivity index (χ2n) is 5.38. The second kappa shape index (κ2) is 4.18. The molecule has 1 saturated carbocycles. The smallest absolute Gasteiger partial charge is 0.328 e. The van der Waals surface area contributed by atoms with Gasteiger partial charge in [0.05, 0.1) is 11.7 Å². The fourth-order valence-electron chi connectivity index (χ4n) is 2.68. The minimum Gasteiger partial charge on any atom is -0.478 e. The highest BCUT2D eigenvalue weighted by Gasteiger charge is 2.50. The van der Waals surface area contributed by atoms with Crippen LogP contribution in [0.5, 0.6) is 0 Å². The highest BCUT2D eigenvalue weighted by molar-refractivity contribution is 5.80. The first kappa shape index (κ1) is 13.2. The van der Waals surface area contributed by atoms with E-state index >= 15 is 0 Å². The average molecular weight is 228 g/mol. The molecule has 1 rings (SSSR count). The summed E-state index contributed by atoms with van der Waals surface area (Å²) in [7, 11) is 0. The molecular weight excluding hydrogens is 208 g/mol. The van der Waals surface area contributed by atoms with Crippen molar-refractivity contribution in [1.82, 2.24) is 0 Å². The Hall–Kier alpha value is -0.870. The molecule has 1 fully saturated rings. The molecule has 0 aromatic heterocycles. The van der Waals surface area contributed by atoms with Gasteiger partial charge in [0, 0.05) is 6.08 Å². The van der Waals surface area contributed by atoms with Gasteiger partial charge in [0.25, 0.3) is 0 Å². The zero-order chi connectivity index (χ0) is 12.6. The van der Waals surface area contributed by atoms with E-state index in [-0.39, 0.29) is 5.92 Å². The number of hydrogen-bond donors (Lipinski definition) is 3. The lowest BCUT2D eigenvalue weighted by atomic mass is 9.60. The van der Waals surface area contributed by atoms with E-state index in [0.717, 1.165) is 6.08 Å². The first-order valence-corrected chi connectivity index (χ1v) is 5.51. The van der Waals surface area contributed by atoms with Crippen LogP contribution < -0.4 is 0 Å². The molecule has 92 valence electrons. The highest BCUT2D eigenvalue weighted by atomic mass is 16.4. The van der Waals surface area contributed by atoms with Crippen molar-refractivity contribution in [2.24, 2.45) is 11.3 Å². The molecule has 16 heavy (non-hydrogen) atoms. The van der Waals surface area contributed by atoms with Crippen LogP contribution in [0.2, 0.25) is 0 Å². The Morgan fingerprint density at radius 3 is 2.44 bits per heavy atom. The third-order valence-electron chi connectivity index (χ3n) is 3.69. The summed E-state index contributed by atoms with van der Waals surface area (Å²) in [6, 6.07) is 0. The quantitative estimate of drug-likeness (QED) is 0.620. The molecule has 0 heterocycles. The van der Waals surface area contributed by atoms with E-state index in [0.29, 0.717) is 12.8 Å². The molecule has 1 aliphatic rings. The van der Waals surface area contributed by atoms with Crippen molar-refractivity contribution >= 4 is 5.97 Å². The fourth-order valence-corrected chi connectivity index (χ4v) is 2.68. The summed E-state index contributed by atoms with van der Waals surface area (Å²) >= 11 is 0. The molecule has 0 spiro atoms. The summed E-state index contributed by atoms with van der Waals surface area (Å²) in [6.07, 6.45) is 2.87. The molecule has 3 N–H and O–H groups in total. The number of aliphatic carboxylic acids is 1. The third-order valence-corrected chi connectivity index (χ3v) is 3.69. The Morgan fingerprint density at radius 1 is 1.44 bits per heavy atom. The minimum atomic E-state index is -1.18. The van der Waals surface area contributed by atoms with Crippen LogP contribution in [0, 0.1) is 11.3 Å². The zero-order valence-electron chi connectivity index (χ0n) is 9.97. The Balaban J connectivity index is 3.02. The van der Waals surface area contributed by atoms with Crippen molar-refractivity contribution in [3.8, 4) is 0 Å². The maximum atomic E-state index is 10.6. The van der Waals surface area contributed by atoms with Crippen LogP contribution in [0.25, 0.3) is 0 Å². The van der Waals surface area contributed by atoms with E-state index in [2.05, 4.69) is 0 Å². The molecule has 0 unspecified atom stereocenters. The standard InChI is InChI=1S/C12H20O4/c1-8-6-9(13)7-11(2,3)12(8,16)5-4-10(14)15/h4-5,8-9,13,16H,6-7H2,1-3H3,(H,14,15)/b5-4+/t8-,9+,12-/m0/s1. The summed E-state index contributed by atoms with van der Waals surface area (Å²) < 4.78 is 0. The molecular formula is C12H20O4. The van der Waals surface area contributed by atoms with E-state index in [9.17, 15) is 15.0 Å². The fraction of sp³-hybridized carbons (Fsp3) is 0.750. The Labute approximate surface area is 95.6 Å². The van der Waals surface area contributed by atoms with Crippen molar-refractivity contribution in [2.45, 2.75) is 45.3 Å². The molecule has 0 bridgehead atoms. The lowest BCUT2D eigenvalue weighted by molar-refractivity contribution is -0.134. The molecule has 0 amide bonds. The molecule has 0 aromatic rings. The van der Waals surface area contributed by atoms with E-state index in [4.69, 9.17) is 5.11 Å². The zero-order valence-corrected chi connectivity index (χ0v) is 9.97. The minimum absolute atomic E-state index is 0.165. The van der Waals surface area contributed by atoms with Crippen LogP contribution in [-0.4, -0.2) is 33.0 Å². The third kappa shape index (κ3) is 2.28. The van der Waals surface area contributed by atoms with Crippen molar-refractivity contribution < 1.29 is 20.1 Å². The number of rotatable bonds is 2. The van der Waals surface area contributed by atoms with Gasteiger partial charge in [0.15, 0.2) is 0 Å². The Morgan fingerprint density at radius 2 is 2.00 bits per heavy atom. The van der Waals surface area contributed by atoms with Crippen molar-refractivity contribution in [2.75, 3.05) is 0 Å². The molecule has 4 nitrogen and oxygen atoms in total. The molecule has 0 aliphatic heterocycles. The molecule has 4 heteroatoms. The van der Waals surface area contributed by atoms with Crippen LogP contribution in [0.15, 0.2) is 12.2 Å². The average Bonchev–Trinajstić information content (AvgIpc) is 2.10.